The summed E-state index contributed by atoms with van der Waals surface area (Å²) in [6.45, 7) is 2.19. The van der Waals surface area contributed by atoms with E-state index in [1.807, 2.05) is 18.2 Å². The lowest BCUT2D eigenvalue weighted by Crippen LogP contribution is -1.97. The maximum absolute atomic E-state index is 6.57. The van der Waals surface area contributed by atoms with Gasteiger partial charge in [-0.05, 0) is 63.9 Å². The molecule has 0 fully saturated rings. The molecule has 1 atom stereocenters. The molecule has 0 saturated heterocycles. The molecule has 1 unspecified atom stereocenters. The molecule has 2 rings (SSSR count). The van der Waals surface area contributed by atoms with Gasteiger partial charge in [0.2, 0.25) is 0 Å². The first-order chi connectivity index (χ1) is 9.11. The van der Waals surface area contributed by atoms with Crippen LogP contribution in [-0.4, -0.2) is 0 Å². The molecule has 0 aromatic heterocycles. The van der Waals surface area contributed by atoms with Crippen LogP contribution in [0.4, 0.5) is 0 Å². The van der Waals surface area contributed by atoms with Crippen molar-refractivity contribution in [3.8, 4) is 0 Å². The summed E-state index contributed by atoms with van der Waals surface area (Å²) in [7, 11) is 0. The Kier molecular flexibility index (Phi) is 5.55. The Bertz CT molecular complexity index is 549. The Morgan fingerprint density at radius 3 is 2.42 bits per heavy atom. The first-order valence-electron chi connectivity index (χ1n) is 6.29. The monoisotopic (exact) mass is 404 g/mol. The third-order valence-electron chi connectivity index (χ3n) is 3.04. The van der Waals surface area contributed by atoms with Crippen LogP contribution in [0.5, 0.6) is 0 Å². The second kappa shape index (κ2) is 6.96. The zero-order valence-corrected chi connectivity index (χ0v) is 14.3. The van der Waals surface area contributed by atoms with Crippen molar-refractivity contribution < 1.29 is 0 Å². The van der Waals surface area contributed by atoms with Crippen molar-refractivity contribution in [2.75, 3.05) is 0 Å². The van der Waals surface area contributed by atoms with Crippen LogP contribution in [0.1, 0.15) is 35.4 Å². The van der Waals surface area contributed by atoms with E-state index in [9.17, 15) is 0 Å². The zero-order chi connectivity index (χ0) is 13.8. The minimum atomic E-state index is -0.152. The van der Waals surface area contributed by atoms with Crippen LogP contribution in [-0.2, 0) is 6.42 Å². The van der Waals surface area contributed by atoms with E-state index in [0.717, 1.165) is 32.6 Å². The van der Waals surface area contributed by atoms with E-state index in [1.54, 1.807) is 0 Å². The van der Waals surface area contributed by atoms with Crippen LogP contribution in [0.3, 0.4) is 0 Å². The standard InChI is InChI=1S/C16H15Cl2I/c1-2-3-11-4-6-12(7-5-11)16(18)14-10-13(17)8-9-15(14)19/h4-10,16H,2-3H2,1H3. The highest BCUT2D eigenvalue weighted by molar-refractivity contribution is 14.1. The fourth-order valence-corrected chi connectivity index (χ4v) is 3.37. The molecule has 0 bridgehead atoms. The summed E-state index contributed by atoms with van der Waals surface area (Å²) in [5, 5.41) is 0.574. The van der Waals surface area contributed by atoms with Crippen LogP contribution in [0.25, 0.3) is 0 Å². The minimum Gasteiger partial charge on any atom is -0.113 e. The molecule has 19 heavy (non-hydrogen) atoms. The van der Waals surface area contributed by atoms with E-state index in [4.69, 9.17) is 23.2 Å². The quantitative estimate of drug-likeness (QED) is 0.418. The molecule has 0 spiro atoms. The van der Waals surface area contributed by atoms with Crippen molar-refractivity contribution in [1.29, 1.82) is 0 Å². The fourth-order valence-electron chi connectivity index (χ4n) is 2.03. The van der Waals surface area contributed by atoms with E-state index in [0.29, 0.717) is 0 Å². The first kappa shape index (κ1) is 15.1. The Morgan fingerprint density at radius 1 is 1.11 bits per heavy atom. The van der Waals surface area contributed by atoms with E-state index in [-0.39, 0.29) is 5.38 Å². The molecule has 0 radical (unpaired) electrons. The fraction of sp³-hybridized carbons (Fsp3) is 0.250. The lowest BCUT2D eigenvalue weighted by atomic mass is 10.0. The van der Waals surface area contributed by atoms with Crippen LogP contribution in [0, 0.1) is 3.57 Å². The normalized spacial score (nSPS) is 12.4. The summed E-state index contributed by atoms with van der Waals surface area (Å²) < 4.78 is 1.14. The van der Waals surface area contributed by atoms with Crippen molar-refractivity contribution in [1.82, 2.24) is 0 Å². The first-order valence-corrected chi connectivity index (χ1v) is 8.19. The van der Waals surface area contributed by atoms with Gasteiger partial charge in [-0.1, -0.05) is 49.2 Å². The number of benzene rings is 2. The van der Waals surface area contributed by atoms with Gasteiger partial charge in [0.05, 0.1) is 5.38 Å². The molecule has 0 aliphatic carbocycles. The average molecular weight is 405 g/mol. The van der Waals surface area contributed by atoms with Gasteiger partial charge in [0, 0.05) is 8.59 Å². The highest BCUT2D eigenvalue weighted by Gasteiger charge is 2.14. The second-order valence-corrected chi connectivity index (χ2v) is 6.56. The van der Waals surface area contributed by atoms with Gasteiger partial charge >= 0.3 is 0 Å². The van der Waals surface area contributed by atoms with Gasteiger partial charge in [-0.2, -0.15) is 0 Å². The Labute approximate surface area is 138 Å². The molecule has 0 aliphatic rings. The van der Waals surface area contributed by atoms with Crippen molar-refractivity contribution in [2.45, 2.75) is 25.1 Å². The van der Waals surface area contributed by atoms with E-state index >= 15 is 0 Å². The molecular weight excluding hydrogens is 390 g/mol. The summed E-state index contributed by atoms with van der Waals surface area (Å²) in [5.74, 6) is 0. The van der Waals surface area contributed by atoms with Gasteiger partial charge in [-0.25, -0.2) is 0 Å². The summed E-state index contributed by atoms with van der Waals surface area (Å²) in [6.07, 6.45) is 2.28. The highest BCUT2D eigenvalue weighted by atomic mass is 127. The van der Waals surface area contributed by atoms with Crippen LogP contribution < -0.4 is 0 Å². The molecule has 0 nitrogen and oxygen atoms in total. The molecule has 2 aromatic rings. The number of halogens is 3. The molecule has 0 N–H and O–H groups in total. The number of aryl methyl sites for hydroxylation is 1. The molecule has 0 heterocycles. The molecule has 2 aromatic carbocycles. The Balaban J connectivity index is 2.27. The molecular formula is C16H15Cl2I. The number of rotatable bonds is 4. The van der Waals surface area contributed by atoms with Gasteiger partial charge in [-0.15, -0.1) is 11.6 Å². The van der Waals surface area contributed by atoms with Gasteiger partial charge in [-0.3, -0.25) is 0 Å². The Morgan fingerprint density at radius 2 is 1.79 bits per heavy atom. The number of alkyl halides is 1. The predicted molar refractivity (Wildman–Crippen MR) is 92.3 cm³/mol. The maximum Gasteiger partial charge on any atom is 0.0846 e. The smallest absolute Gasteiger partial charge is 0.0846 e. The molecule has 0 amide bonds. The summed E-state index contributed by atoms with van der Waals surface area (Å²) >= 11 is 14.9. The van der Waals surface area contributed by atoms with Crippen molar-refractivity contribution in [3.63, 3.8) is 0 Å². The third kappa shape index (κ3) is 3.87. The van der Waals surface area contributed by atoms with Gasteiger partial charge in [0.15, 0.2) is 0 Å². The van der Waals surface area contributed by atoms with E-state index < -0.39 is 0 Å². The van der Waals surface area contributed by atoms with Crippen LogP contribution in [0.2, 0.25) is 5.02 Å². The number of hydrogen-bond donors (Lipinski definition) is 0. The Hall–Kier alpha value is -0.250. The predicted octanol–water partition coefficient (Wildman–Crippen LogP) is 6.23. The molecule has 0 aliphatic heterocycles. The topological polar surface area (TPSA) is 0 Å². The number of hydrogen-bond acceptors (Lipinski definition) is 0. The minimum absolute atomic E-state index is 0.152. The largest absolute Gasteiger partial charge is 0.113 e. The SMILES string of the molecule is CCCc1ccc(C(Cl)c2cc(Cl)ccc2I)cc1. The van der Waals surface area contributed by atoms with E-state index in [2.05, 4.69) is 53.8 Å². The average Bonchev–Trinajstić information content (AvgIpc) is 2.42. The van der Waals surface area contributed by atoms with Crippen molar-refractivity contribution in [3.05, 3.63) is 67.7 Å². The van der Waals surface area contributed by atoms with E-state index in [1.165, 1.54) is 5.56 Å². The lowest BCUT2D eigenvalue weighted by molar-refractivity contribution is 0.920. The van der Waals surface area contributed by atoms with Gasteiger partial charge in [0.25, 0.3) is 0 Å². The summed E-state index contributed by atoms with van der Waals surface area (Å²) in [4.78, 5) is 0. The van der Waals surface area contributed by atoms with Crippen molar-refractivity contribution in [2.24, 2.45) is 0 Å². The maximum atomic E-state index is 6.57. The molecule has 0 saturated carbocycles. The van der Waals surface area contributed by atoms with Gasteiger partial charge < -0.3 is 0 Å². The second-order valence-electron chi connectivity index (χ2n) is 4.52. The summed E-state index contributed by atoms with van der Waals surface area (Å²) in [5.41, 5.74) is 3.54. The van der Waals surface area contributed by atoms with Crippen LogP contribution >= 0.6 is 45.8 Å². The lowest BCUT2D eigenvalue weighted by Gasteiger charge is -2.13. The highest BCUT2D eigenvalue weighted by Crippen LogP contribution is 2.33. The molecule has 100 valence electrons. The zero-order valence-electron chi connectivity index (χ0n) is 10.7. The third-order valence-corrected chi connectivity index (χ3v) is 4.75. The summed E-state index contributed by atoms with van der Waals surface area (Å²) in [6, 6.07) is 14.4. The van der Waals surface area contributed by atoms with Crippen molar-refractivity contribution >= 4 is 45.8 Å². The molecule has 3 heteroatoms. The van der Waals surface area contributed by atoms with Gasteiger partial charge in [0.1, 0.15) is 0 Å². The van der Waals surface area contributed by atoms with Crippen LogP contribution in [0.15, 0.2) is 42.5 Å².